The lowest BCUT2D eigenvalue weighted by Crippen LogP contribution is -1.97. The van der Waals surface area contributed by atoms with Crippen LogP contribution >= 0.6 is 0 Å². The number of nitrogens with zero attached hydrogens (tertiary/aromatic N) is 4. The molecule has 0 spiro atoms. The molecule has 2 heterocycles. The molecule has 0 bridgehead atoms. The molecular weight excluding hydrogens is 216 g/mol. The lowest BCUT2D eigenvalue weighted by atomic mass is 10.1. The number of hydrogen-bond donors (Lipinski definition) is 1. The molecule has 86 valence electrons. The van der Waals surface area contributed by atoms with Crippen molar-refractivity contribution in [3.8, 4) is 0 Å². The van der Waals surface area contributed by atoms with E-state index < -0.39 is 0 Å². The average molecular weight is 228 g/mol. The van der Waals surface area contributed by atoms with Crippen LogP contribution < -0.4 is 0 Å². The van der Waals surface area contributed by atoms with Crippen LogP contribution in [0, 0.1) is 0 Å². The lowest BCUT2D eigenvalue weighted by molar-refractivity contribution is 0.321. The van der Waals surface area contributed by atoms with E-state index in [4.69, 9.17) is 5.21 Å². The van der Waals surface area contributed by atoms with Gasteiger partial charge in [-0.05, 0) is 30.0 Å². The van der Waals surface area contributed by atoms with E-state index >= 15 is 0 Å². The molecule has 2 aromatic heterocycles. The first-order valence-electron chi connectivity index (χ1n) is 5.26. The molecule has 0 fully saturated rings. The summed E-state index contributed by atoms with van der Waals surface area (Å²) in [6.07, 6.45) is 10.1. The highest BCUT2D eigenvalue weighted by Gasteiger charge is 1.97. The molecule has 2 aromatic rings. The molecule has 0 aliphatic heterocycles. The maximum absolute atomic E-state index is 8.32. The third-order valence-electron chi connectivity index (χ3n) is 2.32. The number of hydrogen-bond acceptors (Lipinski definition) is 5. The zero-order chi connectivity index (χ0) is 11.9. The van der Waals surface area contributed by atoms with E-state index in [1.807, 2.05) is 18.3 Å². The summed E-state index contributed by atoms with van der Waals surface area (Å²) >= 11 is 0. The molecule has 0 aliphatic carbocycles. The summed E-state index contributed by atoms with van der Waals surface area (Å²) in [5.41, 5.74) is 2.23. The van der Waals surface area contributed by atoms with Crippen LogP contribution in [0.2, 0.25) is 0 Å². The molecule has 5 heteroatoms. The molecule has 0 atom stereocenters. The van der Waals surface area contributed by atoms with Gasteiger partial charge in [0.1, 0.15) is 6.21 Å². The normalized spacial score (nSPS) is 10.8. The predicted molar refractivity (Wildman–Crippen MR) is 63.1 cm³/mol. The van der Waals surface area contributed by atoms with Gasteiger partial charge in [0.15, 0.2) is 5.82 Å². The summed E-state index contributed by atoms with van der Waals surface area (Å²) < 4.78 is 0. The molecule has 0 saturated carbocycles. The minimum Gasteiger partial charge on any atom is -0.411 e. The van der Waals surface area contributed by atoms with Crippen LogP contribution in [-0.2, 0) is 12.8 Å². The van der Waals surface area contributed by atoms with Crippen LogP contribution in [0.25, 0.3) is 0 Å². The second-order valence-electron chi connectivity index (χ2n) is 3.56. The Bertz CT molecular complexity index is 482. The summed E-state index contributed by atoms with van der Waals surface area (Å²) in [5.74, 6) is 0.401. The molecule has 0 unspecified atom stereocenters. The number of pyridine rings is 1. The van der Waals surface area contributed by atoms with Crippen LogP contribution in [0.5, 0.6) is 0 Å². The smallest absolute Gasteiger partial charge is 0.173 e. The van der Waals surface area contributed by atoms with E-state index in [9.17, 15) is 0 Å². The third-order valence-corrected chi connectivity index (χ3v) is 2.32. The summed E-state index contributed by atoms with van der Waals surface area (Å²) in [6, 6.07) is 3.97. The number of aryl methyl sites for hydroxylation is 2. The van der Waals surface area contributed by atoms with Gasteiger partial charge in [-0.1, -0.05) is 11.2 Å². The minimum atomic E-state index is 0.401. The Kier molecular flexibility index (Phi) is 3.75. The van der Waals surface area contributed by atoms with Gasteiger partial charge in [-0.15, -0.1) is 0 Å². The Hall–Kier alpha value is -2.30. The summed E-state index contributed by atoms with van der Waals surface area (Å²) in [5, 5.41) is 11.2. The third kappa shape index (κ3) is 3.34. The van der Waals surface area contributed by atoms with Crippen molar-refractivity contribution in [1.82, 2.24) is 15.0 Å². The second kappa shape index (κ2) is 5.69. The molecule has 5 nitrogen and oxygen atoms in total. The molecule has 2 rings (SSSR count). The van der Waals surface area contributed by atoms with Crippen LogP contribution in [0.4, 0.5) is 0 Å². The first-order valence-corrected chi connectivity index (χ1v) is 5.26. The Morgan fingerprint density at radius 1 is 1.12 bits per heavy atom. The highest BCUT2D eigenvalue weighted by atomic mass is 16.4. The van der Waals surface area contributed by atoms with Crippen molar-refractivity contribution in [3.63, 3.8) is 0 Å². The van der Waals surface area contributed by atoms with E-state index in [1.54, 1.807) is 18.6 Å². The van der Waals surface area contributed by atoms with Gasteiger partial charge < -0.3 is 5.21 Å². The fraction of sp³-hybridized carbons (Fsp3) is 0.167. The van der Waals surface area contributed by atoms with E-state index in [0.29, 0.717) is 5.82 Å². The second-order valence-corrected chi connectivity index (χ2v) is 3.56. The van der Waals surface area contributed by atoms with Gasteiger partial charge >= 0.3 is 0 Å². The Morgan fingerprint density at radius 2 is 1.88 bits per heavy atom. The number of oxime groups is 1. The maximum Gasteiger partial charge on any atom is 0.173 e. The largest absolute Gasteiger partial charge is 0.411 e. The fourth-order valence-electron chi connectivity index (χ4n) is 1.45. The van der Waals surface area contributed by atoms with Gasteiger partial charge in [-0.3, -0.25) is 4.98 Å². The molecule has 0 aliphatic rings. The standard InChI is InChI=1S/C12H12N4O/c17-16-9-12-14-7-11(8-15-12)4-3-10-2-1-5-13-6-10/h1-2,5-9,17H,3-4H2/b16-9-. The topological polar surface area (TPSA) is 71.3 Å². The number of aromatic nitrogens is 3. The van der Waals surface area contributed by atoms with Gasteiger partial charge in [-0.25, -0.2) is 9.97 Å². The van der Waals surface area contributed by atoms with E-state index in [1.165, 1.54) is 11.8 Å². The number of rotatable bonds is 4. The summed E-state index contributed by atoms with van der Waals surface area (Å²) in [6.45, 7) is 0. The molecule has 0 amide bonds. The van der Waals surface area contributed by atoms with Crippen LogP contribution in [0.15, 0.2) is 42.1 Å². The Balaban J connectivity index is 1.95. The quantitative estimate of drug-likeness (QED) is 0.488. The highest BCUT2D eigenvalue weighted by Crippen LogP contribution is 2.04. The van der Waals surface area contributed by atoms with E-state index in [-0.39, 0.29) is 0 Å². The van der Waals surface area contributed by atoms with Crippen molar-refractivity contribution in [2.24, 2.45) is 5.16 Å². The molecule has 0 saturated heterocycles. The molecule has 1 N–H and O–H groups in total. The molecule has 17 heavy (non-hydrogen) atoms. The average Bonchev–Trinajstić information content (AvgIpc) is 2.40. The zero-order valence-corrected chi connectivity index (χ0v) is 9.19. The van der Waals surface area contributed by atoms with Gasteiger partial charge in [0.2, 0.25) is 0 Å². The monoisotopic (exact) mass is 228 g/mol. The van der Waals surface area contributed by atoms with Crippen LogP contribution in [0.1, 0.15) is 17.0 Å². The van der Waals surface area contributed by atoms with Crippen molar-refractivity contribution >= 4 is 6.21 Å². The molecular formula is C12H12N4O. The maximum atomic E-state index is 8.32. The zero-order valence-electron chi connectivity index (χ0n) is 9.19. The van der Waals surface area contributed by atoms with Gasteiger partial charge in [0, 0.05) is 24.8 Å². The summed E-state index contributed by atoms with van der Waals surface area (Å²) in [7, 11) is 0. The first-order chi connectivity index (χ1) is 8.38. The van der Waals surface area contributed by atoms with Crippen molar-refractivity contribution in [2.75, 3.05) is 0 Å². The van der Waals surface area contributed by atoms with Gasteiger partial charge in [0.25, 0.3) is 0 Å². The van der Waals surface area contributed by atoms with Gasteiger partial charge in [-0.2, -0.15) is 0 Å². The molecule has 0 radical (unpaired) electrons. The fourth-order valence-corrected chi connectivity index (χ4v) is 1.45. The van der Waals surface area contributed by atoms with Gasteiger partial charge in [0.05, 0.1) is 0 Å². The van der Waals surface area contributed by atoms with Crippen LogP contribution in [0.3, 0.4) is 0 Å². The highest BCUT2D eigenvalue weighted by molar-refractivity contribution is 5.73. The summed E-state index contributed by atoms with van der Waals surface area (Å²) in [4.78, 5) is 12.1. The van der Waals surface area contributed by atoms with Crippen molar-refractivity contribution < 1.29 is 5.21 Å². The Labute approximate surface area is 98.9 Å². The molecule has 0 aromatic carbocycles. The van der Waals surface area contributed by atoms with E-state index in [2.05, 4.69) is 20.1 Å². The first kappa shape index (κ1) is 11.2. The SMILES string of the molecule is O/N=C\c1ncc(CCc2cccnc2)cn1. The van der Waals surface area contributed by atoms with Crippen LogP contribution in [-0.4, -0.2) is 26.4 Å². The predicted octanol–water partition coefficient (Wildman–Crippen LogP) is 1.46. The lowest BCUT2D eigenvalue weighted by Gasteiger charge is -2.00. The van der Waals surface area contributed by atoms with Crippen molar-refractivity contribution in [1.29, 1.82) is 0 Å². The van der Waals surface area contributed by atoms with E-state index in [0.717, 1.165) is 18.4 Å². The van der Waals surface area contributed by atoms with Crippen molar-refractivity contribution in [2.45, 2.75) is 12.8 Å². The minimum absolute atomic E-state index is 0.401. The Morgan fingerprint density at radius 3 is 2.53 bits per heavy atom. The van der Waals surface area contributed by atoms with Crippen molar-refractivity contribution in [3.05, 3.63) is 53.9 Å².